The second kappa shape index (κ2) is 14.7. The highest BCUT2D eigenvalue weighted by Gasteiger charge is 2.53. The molecular formula is C20H34N6O8S2. The number of nitrogens with one attached hydrogen (secondary N) is 1. The molecule has 1 saturated heterocycles. The van der Waals surface area contributed by atoms with Crippen molar-refractivity contribution in [2.75, 3.05) is 39.1 Å². The maximum Gasteiger partial charge on any atom is 0.362 e. The Bertz CT molecular complexity index is 1020. The molecule has 2 heterocycles. The fourth-order valence-electron chi connectivity index (χ4n) is 3.33. The summed E-state index contributed by atoms with van der Waals surface area (Å²) in [5.41, 5.74) is 5.38. The molecule has 0 bridgehead atoms. The number of thiazole rings is 1. The third kappa shape index (κ3) is 9.00. The number of aromatic nitrogens is 1. The summed E-state index contributed by atoms with van der Waals surface area (Å²) in [5.74, 6) is -2.39. The van der Waals surface area contributed by atoms with Gasteiger partial charge in [0.15, 0.2) is 10.8 Å². The highest BCUT2D eigenvalue weighted by Crippen LogP contribution is 2.27. The molecule has 0 radical (unpaired) electrons. The van der Waals surface area contributed by atoms with Crippen LogP contribution in [0.5, 0.6) is 0 Å². The Morgan fingerprint density at radius 3 is 2.33 bits per heavy atom. The lowest BCUT2D eigenvalue weighted by molar-refractivity contribution is -0.146. The van der Waals surface area contributed by atoms with Crippen molar-refractivity contribution in [1.29, 1.82) is 0 Å². The maximum absolute atomic E-state index is 12.6. The third-order valence-corrected chi connectivity index (χ3v) is 6.78. The van der Waals surface area contributed by atoms with Gasteiger partial charge in [0.05, 0.1) is 12.6 Å². The van der Waals surface area contributed by atoms with E-state index in [1.54, 1.807) is 0 Å². The molecule has 0 aliphatic carbocycles. The SMILES string of the molecule is CCN(CC)CC.CO/N=C(\C(=O)N[C@@H]1C(=O)N(S(=O)(=O)O)[C@@H]1CCCOC(C)=O)c1csc(N)n1. The van der Waals surface area contributed by atoms with E-state index in [4.69, 9.17) is 10.5 Å². The Morgan fingerprint density at radius 2 is 1.92 bits per heavy atom. The van der Waals surface area contributed by atoms with Crippen LogP contribution in [0.4, 0.5) is 5.13 Å². The number of carbonyl (C=O) groups is 3. The van der Waals surface area contributed by atoms with E-state index in [1.165, 1.54) is 39.0 Å². The van der Waals surface area contributed by atoms with E-state index >= 15 is 0 Å². The van der Waals surface area contributed by atoms with E-state index in [-0.39, 0.29) is 40.3 Å². The van der Waals surface area contributed by atoms with Gasteiger partial charge in [0.2, 0.25) is 0 Å². The number of nitrogen functional groups attached to an aromatic ring is 1. The molecule has 36 heavy (non-hydrogen) atoms. The Balaban J connectivity index is 0.000000809. The van der Waals surface area contributed by atoms with E-state index in [0.717, 1.165) is 11.3 Å². The number of amides is 2. The van der Waals surface area contributed by atoms with Crippen molar-refractivity contribution in [2.45, 2.75) is 52.6 Å². The van der Waals surface area contributed by atoms with Crippen LogP contribution >= 0.6 is 11.3 Å². The van der Waals surface area contributed by atoms with E-state index < -0.39 is 40.2 Å². The Labute approximate surface area is 214 Å². The average molecular weight is 551 g/mol. The van der Waals surface area contributed by atoms with Crippen molar-refractivity contribution >= 4 is 50.3 Å². The predicted octanol–water partition coefficient (Wildman–Crippen LogP) is 0.266. The zero-order valence-electron chi connectivity index (χ0n) is 21.0. The highest BCUT2D eigenvalue weighted by atomic mass is 32.2. The number of β-lactam (4-membered cyclic amide) rings is 1. The van der Waals surface area contributed by atoms with Gasteiger partial charge in [0.1, 0.15) is 18.8 Å². The van der Waals surface area contributed by atoms with E-state index in [2.05, 4.69) is 46.0 Å². The summed E-state index contributed by atoms with van der Waals surface area (Å²) in [4.78, 5) is 46.5. The molecule has 0 aromatic carbocycles. The molecule has 0 unspecified atom stereocenters. The number of ether oxygens (including phenoxy) is 1. The van der Waals surface area contributed by atoms with Crippen molar-refractivity contribution < 1.29 is 36.9 Å². The van der Waals surface area contributed by atoms with Crippen LogP contribution in [-0.2, 0) is 34.3 Å². The van der Waals surface area contributed by atoms with Crippen molar-refractivity contribution in [3.8, 4) is 0 Å². The first-order chi connectivity index (χ1) is 16.9. The molecule has 0 saturated carbocycles. The van der Waals surface area contributed by atoms with Crippen LogP contribution in [0.3, 0.4) is 0 Å². The zero-order valence-corrected chi connectivity index (χ0v) is 22.6. The first-order valence-electron chi connectivity index (χ1n) is 11.2. The largest absolute Gasteiger partial charge is 0.466 e. The van der Waals surface area contributed by atoms with E-state index in [1.807, 2.05) is 0 Å². The van der Waals surface area contributed by atoms with Gasteiger partial charge >= 0.3 is 16.3 Å². The van der Waals surface area contributed by atoms with Crippen molar-refractivity contribution in [2.24, 2.45) is 5.16 Å². The number of oxime groups is 1. The second-order valence-corrected chi connectivity index (χ2v) is 9.60. The lowest BCUT2D eigenvalue weighted by Gasteiger charge is -2.44. The molecule has 16 heteroatoms. The minimum atomic E-state index is -4.82. The third-order valence-electron chi connectivity index (χ3n) is 5.16. The molecule has 1 aliphatic heterocycles. The first-order valence-corrected chi connectivity index (χ1v) is 13.5. The number of esters is 1. The van der Waals surface area contributed by atoms with Crippen LogP contribution in [0.1, 0.15) is 46.2 Å². The summed E-state index contributed by atoms with van der Waals surface area (Å²) < 4.78 is 37.2. The quantitative estimate of drug-likeness (QED) is 0.0807. The molecule has 1 aromatic heterocycles. The van der Waals surface area contributed by atoms with Crippen LogP contribution < -0.4 is 11.1 Å². The van der Waals surface area contributed by atoms with Crippen LogP contribution in [0.25, 0.3) is 0 Å². The van der Waals surface area contributed by atoms with Crippen LogP contribution in [0.2, 0.25) is 0 Å². The standard InChI is InChI=1S/C14H19N5O8S2.C6H15N/c1-7(20)27-5-3-4-9-11(13(22)19(9)29(23,24)25)17-12(21)10(18-26-2)8-6-28-14(15)16-8;1-4-7(5-2)6-3/h6,9,11H,3-5H2,1-2H3,(H2,15,16)(H,17,21)(H,23,24,25);4-6H2,1-3H3/b18-10-;/t9-,11+;/m1./s1. The topological polar surface area (TPSA) is 194 Å². The summed E-state index contributed by atoms with van der Waals surface area (Å²) in [6.45, 7) is 11.3. The number of carbonyl (C=O) groups excluding carboxylic acids is 3. The Hall–Kier alpha value is -2.82. The van der Waals surface area contributed by atoms with Crippen LogP contribution in [0, 0.1) is 0 Å². The van der Waals surface area contributed by atoms with E-state index in [9.17, 15) is 27.4 Å². The Kier molecular flexibility index (Phi) is 12.7. The number of nitrogens with two attached hydrogens (primary N) is 1. The zero-order chi connectivity index (χ0) is 27.5. The summed E-state index contributed by atoms with van der Waals surface area (Å²) in [5, 5.41) is 7.57. The number of hydrogen-bond acceptors (Lipinski definition) is 12. The molecule has 2 rings (SSSR count). The lowest BCUT2D eigenvalue weighted by Crippen LogP contribution is -2.72. The van der Waals surface area contributed by atoms with Gasteiger partial charge in [-0.15, -0.1) is 11.3 Å². The average Bonchev–Trinajstić information content (AvgIpc) is 3.23. The first kappa shape index (κ1) is 31.2. The molecule has 4 N–H and O–H groups in total. The molecule has 2 atom stereocenters. The Morgan fingerprint density at radius 1 is 1.31 bits per heavy atom. The van der Waals surface area contributed by atoms with Gasteiger partial charge in [-0.25, -0.2) is 9.29 Å². The molecular weight excluding hydrogens is 516 g/mol. The fourth-order valence-corrected chi connectivity index (χ4v) is 4.78. The minimum Gasteiger partial charge on any atom is -0.466 e. The molecule has 1 aliphatic rings. The van der Waals surface area contributed by atoms with Gasteiger partial charge in [-0.05, 0) is 32.5 Å². The van der Waals surface area contributed by atoms with Crippen LogP contribution in [0.15, 0.2) is 10.5 Å². The molecule has 204 valence electrons. The van der Waals surface area contributed by atoms with E-state index in [0.29, 0.717) is 0 Å². The normalized spacial score (nSPS) is 17.7. The molecule has 2 amide bonds. The molecule has 1 aromatic rings. The molecule has 1 fully saturated rings. The minimum absolute atomic E-state index is 0.0194. The fraction of sp³-hybridized carbons (Fsp3) is 0.650. The van der Waals surface area contributed by atoms with Crippen LogP contribution in [-0.4, -0.2) is 96.1 Å². The predicted molar refractivity (Wildman–Crippen MR) is 134 cm³/mol. The van der Waals surface area contributed by atoms with Gasteiger partial charge in [-0.1, -0.05) is 25.9 Å². The number of rotatable bonds is 12. The van der Waals surface area contributed by atoms with Crippen molar-refractivity contribution in [1.82, 2.24) is 19.5 Å². The van der Waals surface area contributed by atoms with Crippen molar-refractivity contribution in [3.05, 3.63) is 11.1 Å². The van der Waals surface area contributed by atoms with Gasteiger partial charge in [-0.2, -0.15) is 8.42 Å². The maximum atomic E-state index is 12.6. The van der Waals surface area contributed by atoms with Gasteiger partial charge in [0.25, 0.3) is 11.8 Å². The van der Waals surface area contributed by atoms with Gasteiger partial charge < -0.3 is 25.5 Å². The molecule has 14 nitrogen and oxygen atoms in total. The summed E-state index contributed by atoms with van der Waals surface area (Å²) in [6.07, 6.45) is 0.224. The lowest BCUT2D eigenvalue weighted by atomic mass is 9.94. The number of nitrogens with zero attached hydrogens (tertiary/aromatic N) is 4. The van der Waals surface area contributed by atoms with Gasteiger partial charge in [0, 0.05) is 12.3 Å². The number of hydrogen-bond donors (Lipinski definition) is 3. The summed E-state index contributed by atoms with van der Waals surface area (Å²) in [7, 11) is -3.62. The summed E-state index contributed by atoms with van der Waals surface area (Å²) in [6, 6.07) is -2.32. The summed E-state index contributed by atoms with van der Waals surface area (Å²) >= 11 is 1.06. The second-order valence-electron chi connectivity index (χ2n) is 7.43. The monoisotopic (exact) mass is 550 g/mol. The smallest absolute Gasteiger partial charge is 0.362 e. The van der Waals surface area contributed by atoms with Crippen molar-refractivity contribution in [3.63, 3.8) is 0 Å². The highest BCUT2D eigenvalue weighted by molar-refractivity contribution is 7.84. The molecule has 0 spiro atoms. The van der Waals surface area contributed by atoms with Gasteiger partial charge in [-0.3, -0.25) is 18.9 Å². The number of anilines is 1.